The quantitative estimate of drug-likeness (QED) is 0.362. The number of allylic oxidation sites excluding steroid dienone is 1. The van der Waals surface area contributed by atoms with E-state index in [2.05, 4.69) is 60.2 Å². The zero-order chi connectivity index (χ0) is 22.0. The molecule has 9 nitrogen and oxygen atoms in total. The molecule has 9 heteroatoms. The first-order valence-electron chi connectivity index (χ1n) is 11.1. The van der Waals surface area contributed by atoms with Gasteiger partial charge in [0.25, 0.3) is 0 Å². The Morgan fingerprint density at radius 3 is 3.03 bits per heavy atom. The van der Waals surface area contributed by atoms with E-state index < -0.39 is 0 Å². The van der Waals surface area contributed by atoms with E-state index >= 15 is 0 Å². The number of piperazine rings is 1. The van der Waals surface area contributed by atoms with Crippen molar-refractivity contribution in [2.45, 2.75) is 37.8 Å². The molecule has 0 atom stereocenters. The van der Waals surface area contributed by atoms with E-state index in [1.54, 1.807) is 6.07 Å². The molecule has 166 valence electrons. The first-order chi connectivity index (χ1) is 15.6. The van der Waals surface area contributed by atoms with Crippen LogP contribution in [-0.2, 0) is 13.0 Å². The molecule has 32 heavy (non-hydrogen) atoms. The third-order valence-electron chi connectivity index (χ3n) is 6.53. The number of aromatic nitrogens is 4. The first kappa shape index (κ1) is 20.4. The van der Waals surface area contributed by atoms with Crippen LogP contribution in [0.1, 0.15) is 30.4 Å². The van der Waals surface area contributed by atoms with Crippen LogP contribution in [0.25, 0.3) is 11.2 Å². The van der Waals surface area contributed by atoms with Crippen molar-refractivity contribution < 1.29 is 0 Å². The Morgan fingerprint density at radius 2 is 2.22 bits per heavy atom. The summed E-state index contributed by atoms with van der Waals surface area (Å²) in [5.74, 6) is 0.407. The number of hydrogen-bond donors (Lipinski definition) is 5. The molecule has 0 radical (unpaired) electrons. The maximum atomic E-state index is 7.81. The minimum absolute atomic E-state index is 0.333. The summed E-state index contributed by atoms with van der Waals surface area (Å²) >= 11 is 0. The van der Waals surface area contributed by atoms with Gasteiger partial charge in [-0.3, -0.25) is 0 Å². The zero-order valence-electron chi connectivity index (χ0n) is 18.1. The summed E-state index contributed by atoms with van der Waals surface area (Å²) in [5, 5.41) is 25.6. The minimum Gasteiger partial charge on any atom is -0.387 e. The number of rotatable bonds is 7. The molecule has 1 saturated heterocycles. The molecule has 2 aromatic heterocycles. The van der Waals surface area contributed by atoms with Crippen LogP contribution >= 0.6 is 0 Å². The molecule has 3 aromatic rings. The van der Waals surface area contributed by atoms with Gasteiger partial charge < -0.3 is 26.7 Å². The highest BCUT2D eigenvalue weighted by Crippen LogP contribution is 2.35. The lowest BCUT2D eigenvalue weighted by atomic mass is 9.75. The average molecular weight is 432 g/mol. The Kier molecular flexibility index (Phi) is 5.48. The van der Waals surface area contributed by atoms with Crippen LogP contribution in [0, 0.1) is 5.41 Å². The third kappa shape index (κ3) is 4.16. The highest BCUT2D eigenvalue weighted by atomic mass is 15.3. The molecule has 1 aromatic carbocycles. The minimum atomic E-state index is 0.333. The van der Waals surface area contributed by atoms with Crippen molar-refractivity contribution >= 4 is 28.9 Å². The Morgan fingerprint density at radius 1 is 1.31 bits per heavy atom. The third-order valence-corrected chi connectivity index (χ3v) is 6.53. The van der Waals surface area contributed by atoms with Crippen molar-refractivity contribution in [2.24, 2.45) is 0 Å². The molecule has 0 unspecified atom stereocenters. The van der Waals surface area contributed by atoms with Gasteiger partial charge in [0, 0.05) is 56.2 Å². The van der Waals surface area contributed by atoms with Crippen LogP contribution in [0.4, 0.5) is 11.5 Å². The van der Waals surface area contributed by atoms with Crippen molar-refractivity contribution in [2.75, 3.05) is 30.3 Å². The van der Waals surface area contributed by atoms with E-state index in [1.807, 2.05) is 6.20 Å². The molecule has 5 rings (SSSR count). The van der Waals surface area contributed by atoms with Crippen molar-refractivity contribution in [3.8, 4) is 0 Å². The highest BCUT2D eigenvalue weighted by molar-refractivity contribution is 5.81. The molecule has 0 amide bonds. The molecule has 1 saturated carbocycles. The number of pyridine rings is 1. The van der Waals surface area contributed by atoms with E-state index in [1.165, 1.54) is 36.7 Å². The van der Waals surface area contributed by atoms with Gasteiger partial charge in [0.15, 0.2) is 5.65 Å². The van der Waals surface area contributed by atoms with Crippen molar-refractivity contribution in [1.82, 2.24) is 31.0 Å². The standard InChI is InChI=1S/C23H29N9/c24-12-17(9-18-11-20(25)28-22-21(18)29-31-30-22)14-26-13-16-3-1-4-19(10-16)32-8-7-27-23(15-32)5-2-6-23/h1,3-4,10-12,14,24,26-27H,2,5-9,13,15H2,(H3,25,28,29,30,31)/b17-14-,24-12?. The van der Waals surface area contributed by atoms with E-state index in [0.29, 0.717) is 35.5 Å². The summed E-state index contributed by atoms with van der Waals surface area (Å²) in [6.07, 6.45) is 7.66. The van der Waals surface area contributed by atoms with Gasteiger partial charge in [-0.15, -0.1) is 5.10 Å². The molecular formula is C23H29N9. The van der Waals surface area contributed by atoms with E-state index in [4.69, 9.17) is 11.1 Å². The Balaban J connectivity index is 1.24. The second-order valence-corrected chi connectivity index (χ2v) is 8.79. The Bertz CT molecular complexity index is 1150. The number of fused-ring (bicyclic) bond motifs is 1. The molecule has 2 aliphatic rings. The lowest BCUT2D eigenvalue weighted by Gasteiger charge is -2.50. The van der Waals surface area contributed by atoms with Gasteiger partial charge in [-0.2, -0.15) is 0 Å². The largest absolute Gasteiger partial charge is 0.387 e. The number of aromatic amines is 1. The molecule has 3 heterocycles. The van der Waals surface area contributed by atoms with Gasteiger partial charge in [-0.1, -0.05) is 17.3 Å². The van der Waals surface area contributed by atoms with Crippen LogP contribution in [0.15, 0.2) is 42.1 Å². The second-order valence-electron chi connectivity index (χ2n) is 8.79. The summed E-state index contributed by atoms with van der Waals surface area (Å²) < 4.78 is 0. The van der Waals surface area contributed by atoms with E-state index in [0.717, 1.165) is 30.8 Å². The lowest BCUT2D eigenvalue weighted by Crippen LogP contribution is -2.64. The predicted octanol–water partition coefficient (Wildman–Crippen LogP) is 2.13. The number of nitrogens with zero attached hydrogens (tertiary/aromatic N) is 4. The van der Waals surface area contributed by atoms with Gasteiger partial charge in [0.05, 0.1) is 0 Å². The smallest absolute Gasteiger partial charge is 0.178 e. The molecule has 1 aliphatic carbocycles. The molecule has 6 N–H and O–H groups in total. The van der Waals surface area contributed by atoms with Crippen LogP contribution < -0.4 is 21.3 Å². The average Bonchev–Trinajstić information content (AvgIpc) is 3.26. The van der Waals surface area contributed by atoms with Crippen LogP contribution in [0.3, 0.4) is 0 Å². The highest BCUT2D eigenvalue weighted by Gasteiger charge is 2.40. The van der Waals surface area contributed by atoms with Crippen LogP contribution in [-0.4, -0.2) is 51.8 Å². The topological polar surface area (TPSA) is 132 Å². The monoisotopic (exact) mass is 431 g/mol. The number of benzene rings is 1. The van der Waals surface area contributed by atoms with Gasteiger partial charge in [0.2, 0.25) is 0 Å². The molecule has 1 aliphatic heterocycles. The van der Waals surface area contributed by atoms with Gasteiger partial charge in [-0.05, 0) is 54.2 Å². The number of H-pyrrole nitrogens is 1. The van der Waals surface area contributed by atoms with Gasteiger partial charge in [-0.25, -0.2) is 10.1 Å². The number of nitrogen functional groups attached to an aromatic ring is 1. The molecule has 1 spiro atoms. The van der Waals surface area contributed by atoms with Gasteiger partial charge >= 0.3 is 0 Å². The summed E-state index contributed by atoms with van der Waals surface area (Å²) in [5.41, 5.74) is 11.7. The number of anilines is 2. The summed E-state index contributed by atoms with van der Waals surface area (Å²) in [4.78, 5) is 6.70. The Hall–Kier alpha value is -3.46. The second kappa shape index (κ2) is 8.58. The fourth-order valence-electron chi connectivity index (χ4n) is 4.70. The predicted molar refractivity (Wildman–Crippen MR) is 127 cm³/mol. The van der Waals surface area contributed by atoms with E-state index in [9.17, 15) is 0 Å². The van der Waals surface area contributed by atoms with Crippen LogP contribution in [0.5, 0.6) is 0 Å². The van der Waals surface area contributed by atoms with Crippen LogP contribution in [0.2, 0.25) is 0 Å². The summed E-state index contributed by atoms with van der Waals surface area (Å²) in [6.45, 7) is 3.88. The summed E-state index contributed by atoms with van der Waals surface area (Å²) in [7, 11) is 0. The molecular weight excluding hydrogens is 402 g/mol. The van der Waals surface area contributed by atoms with Gasteiger partial charge in [0.1, 0.15) is 11.3 Å². The van der Waals surface area contributed by atoms with E-state index in [-0.39, 0.29) is 0 Å². The lowest BCUT2D eigenvalue weighted by molar-refractivity contribution is 0.173. The first-order valence-corrected chi connectivity index (χ1v) is 11.1. The number of hydrogen-bond acceptors (Lipinski definition) is 8. The summed E-state index contributed by atoms with van der Waals surface area (Å²) in [6, 6.07) is 10.5. The zero-order valence-corrected chi connectivity index (χ0v) is 18.1. The molecule has 0 bridgehead atoms. The fourth-order valence-corrected chi connectivity index (χ4v) is 4.70. The van der Waals surface area contributed by atoms with Crippen molar-refractivity contribution in [1.29, 1.82) is 5.41 Å². The maximum Gasteiger partial charge on any atom is 0.178 e. The SMILES string of the molecule is N=C/C(=C\NCc1cccc(N2CCNC3(CCC3)C2)c1)Cc1cc(N)nc2[nH]nnc12. The maximum absolute atomic E-state index is 7.81. The Labute approximate surface area is 187 Å². The normalized spacial score (nSPS) is 18.0. The fraction of sp³-hybridized carbons (Fsp3) is 0.391. The number of nitrogens with one attached hydrogen (secondary N) is 4. The number of nitrogens with two attached hydrogens (primary N) is 1. The van der Waals surface area contributed by atoms with Crippen molar-refractivity contribution in [3.05, 3.63) is 53.2 Å². The van der Waals surface area contributed by atoms with Crippen molar-refractivity contribution in [3.63, 3.8) is 0 Å². The molecule has 2 fully saturated rings.